The van der Waals surface area contributed by atoms with Gasteiger partial charge in [-0.25, -0.2) is 0 Å². The number of alkyl halides is 9. The van der Waals surface area contributed by atoms with E-state index in [1.165, 1.54) is 16.7 Å². The fourth-order valence-electron chi connectivity index (χ4n) is 3.24. The Morgan fingerprint density at radius 2 is 1.23 bits per heavy atom. The van der Waals surface area contributed by atoms with Gasteiger partial charge in [-0.05, 0) is 55.4 Å². The van der Waals surface area contributed by atoms with Gasteiger partial charge in [0, 0.05) is 4.83 Å². The fourth-order valence-corrected chi connectivity index (χ4v) is 11.4. The fraction of sp³-hybridized carbons (Fsp3) is 0.455. The van der Waals surface area contributed by atoms with E-state index < -0.39 is 12.9 Å². The highest BCUT2D eigenvalue weighted by Gasteiger charge is 2.67. The molecule has 0 aliphatic carbocycles. The number of hydrogen-bond acceptors (Lipinski definition) is 0. The van der Waals surface area contributed by atoms with Crippen molar-refractivity contribution in [3.63, 3.8) is 0 Å². The lowest BCUT2D eigenvalue weighted by molar-refractivity contribution is 0.596. The second-order valence-electron chi connectivity index (χ2n) is 7.45. The van der Waals surface area contributed by atoms with Crippen LogP contribution in [0, 0.1) is 13.8 Å². The summed E-state index contributed by atoms with van der Waals surface area (Å²) < 4.78 is -2.64. The van der Waals surface area contributed by atoms with E-state index in [0.717, 1.165) is 24.8 Å². The summed E-state index contributed by atoms with van der Waals surface area (Å²) in [6, 6.07) is 16.8. The Morgan fingerprint density at radius 1 is 0.710 bits per heavy atom. The molecule has 0 spiro atoms. The lowest BCUT2D eigenvalue weighted by atomic mass is 9.98. The van der Waals surface area contributed by atoms with Gasteiger partial charge in [-0.1, -0.05) is 192 Å². The minimum absolute atomic E-state index is 0.102. The second-order valence-corrected chi connectivity index (χ2v) is 22.4. The molecule has 2 aromatic rings. The first-order valence-corrected chi connectivity index (χ1v) is 16.7. The maximum absolute atomic E-state index is 3.97. The Kier molecular flexibility index (Phi) is 11.5. The van der Waals surface area contributed by atoms with Crippen LogP contribution >= 0.6 is 143 Å². The molecule has 0 nitrogen and oxygen atoms in total. The summed E-state index contributed by atoms with van der Waals surface area (Å²) in [5.41, 5.74) is 5.01. The van der Waals surface area contributed by atoms with Crippen molar-refractivity contribution in [1.82, 2.24) is 0 Å². The molecule has 0 N–H and O–H groups in total. The molecule has 0 amide bonds. The maximum atomic E-state index is 3.97. The third kappa shape index (κ3) is 6.37. The van der Waals surface area contributed by atoms with Crippen molar-refractivity contribution >= 4 is 143 Å². The van der Waals surface area contributed by atoms with Gasteiger partial charge in [0.1, 0.15) is 12.9 Å². The number of aryl methyl sites for hydroxylation is 3. The summed E-state index contributed by atoms with van der Waals surface area (Å²) in [6.07, 6.45) is 3.06. The largest absolute Gasteiger partial charge is 0.137 e. The molecule has 0 radical (unpaired) electrons. The van der Waals surface area contributed by atoms with Gasteiger partial charge >= 0.3 is 0 Å². The molecule has 0 bridgehead atoms. The second kappa shape index (κ2) is 11.9. The van der Waals surface area contributed by atoms with Gasteiger partial charge in [0.15, 0.2) is 0 Å². The van der Waals surface area contributed by atoms with E-state index in [0.29, 0.717) is 0 Å². The summed E-state index contributed by atoms with van der Waals surface area (Å²) in [6.45, 7) is 4.27. The molecule has 0 aromatic heterocycles. The summed E-state index contributed by atoms with van der Waals surface area (Å²) >= 11 is 35.6. The van der Waals surface area contributed by atoms with Crippen LogP contribution in [0.5, 0.6) is 0 Å². The molecule has 2 rings (SSSR count). The molecule has 0 saturated carbocycles. The third-order valence-corrected chi connectivity index (χ3v) is 23.2. The first kappa shape index (κ1) is 30.0. The van der Waals surface area contributed by atoms with Crippen LogP contribution in [-0.4, -0.2) is 14.5 Å². The normalized spacial score (nSPS) is 14.5. The molecule has 1 unspecified atom stereocenters. The predicted octanol–water partition coefficient (Wildman–Crippen LogP) is 11.5. The highest BCUT2D eigenvalue weighted by Crippen LogP contribution is 2.71. The minimum atomic E-state index is -0.721. The molecule has 0 aliphatic rings. The van der Waals surface area contributed by atoms with Crippen molar-refractivity contribution in [2.75, 3.05) is 0 Å². The molecule has 0 saturated heterocycles. The van der Waals surface area contributed by atoms with Crippen molar-refractivity contribution in [1.29, 1.82) is 0 Å². The first-order chi connectivity index (χ1) is 14.2. The quantitative estimate of drug-likeness (QED) is 0.220. The molecule has 0 heterocycles. The van der Waals surface area contributed by atoms with E-state index in [4.69, 9.17) is 0 Å². The van der Waals surface area contributed by atoms with Crippen LogP contribution in [0.1, 0.15) is 35.1 Å². The Balaban J connectivity index is 2.24. The van der Waals surface area contributed by atoms with E-state index in [2.05, 4.69) is 194 Å². The van der Waals surface area contributed by atoms with Crippen LogP contribution in [0.2, 0.25) is 0 Å². The van der Waals surface area contributed by atoms with Gasteiger partial charge in [0.2, 0.25) is 0 Å². The average Bonchev–Trinajstić information content (AvgIpc) is 2.69. The van der Waals surface area contributed by atoms with Crippen molar-refractivity contribution in [2.24, 2.45) is 0 Å². The Morgan fingerprint density at radius 3 is 1.77 bits per heavy atom. The van der Waals surface area contributed by atoms with E-state index in [1.807, 2.05) is 12.1 Å². The monoisotopic (exact) mass is 995 g/mol. The van der Waals surface area contributed by atoms with E-state index in [9.17, 15) is 0 Å². The summed E-state index contributed by atoms with van der Waals surface area (Å²) in [5.74, 6) is 0. The van der Waals surface area contributed by atoms with Crippen LogP contribution in [0.25, 0.3) is 0 Å². The van der Waals surface area contributed by atoms with Crippen LogP contribution in [0.4, 0.5) is 0 Å². The molecular weight excluding hydrogens is 983 g/mol. The van der Waals surface area contributed by atoms with Gasteiger partial charge < -0.3 is 0 Å². The van der Waals surface area contributed by atoms with Crippen LogP contribution in [0.15, 0.2) is 48.5 Å². The molecular formula is C22H21Br9. The van der Waals surface area contributed by atoms with Crippen molar-refractivity contribution in [3.8, 4) is 0 Å². The van der Waals surface area contributed by atoms with Crippen molar-refractivity contribution < 1.29 is 0 Å². The van der Waals surface area contributed by atoms with Crippen molar-refractivity contribution in [3.05, 3.63) is 70.8 Å². The Labute approximate surface area is 261 Å². The molecule has 0 aliphatic heterocycles. The predicted molar refractivity (Wildman–Crippen MR) is 169 cm³/mol. The molecule has 0 fully saturated rings. The molecule has 1 atom stereocenters. The van der Waals surface area contributed by atoms with E-state index in [1.54, 1.807) is 0 Å². The Bertz CT molecular complexity index is 890. The highest BCUT2D eigenvalue weighted by atomic mass is 79.9. The lowest BCUT2D eigenvalue weighted by Crippen LogP contribution is -2.57. The number of benzene rings is 2. The maximum Gasteiger partial charge on any atom is 0.137 e. The van der Waals surface area contributed by atoms with Gasteiger partial charge in [0.05, 0.1) is 0 Å². The molecule has 172 valence electrons. The SMILES string of the molecule is Cc1ccccc1CCCC(Br)C(Br)(Br)C(Br)(Br)C(Br)(Br)C(Br)(Br)c1ccccc1C. The summed E-state index contributed by atoms with van der Waals surface area (Å²) in [5, 5.41) is 0. The van der Waals surface area contributed by atoms with Crippen LogP contribution in [-0.2, 0) is 9.65 Å². The van der Waals surface area contributed by atoms with E-state index >= 15 is 0 Å². The molecule has 2 aromatic carbocycles. The zero-order valence-corrected chi connectivity index (χ0v) is 31.0. The van der Waals surface area contributed by atoms with E-state index in [-0.39, 0.29) is 4.83 Å². The highest BCUT2D eigenvalue weighted by molar-refractivity contribution is 9.34. The first-order valence-electron chi connectivity index (χ1n) is 9.44. The Hall–Kier alpha value is 2.76. The van der Waals surface area contributed by atoms with Gasteiger partial charge in [-0.3, -0.25) is 0 Å². The van der Waals surface area contributed by atoms with Gasteiger partial charge in [-0.2, -0.15) is 0 Å². The number of hydrogen-bond donors (Lipinski definition) is 0. The molecule has 31 heavy (non-hydrogen) atoms. The van der Waals surface area contributed by atoms with Crippen LogP contribution < -0.4 is 0 Å². The standard InChI is InChI=1S/C22H21Br9/c1-14-8-3-5-10-16(14)11-7-13-18(23)20(26,27)22(30,31)21(28,29)19(24,25)17-12-6-4-9-15(17)2/h3-6,8-10,12,18H,7,11,13H2,1-2H3. The summed E-state index contributed by atoms with van der Waals surface area (Å²) in [7, 11) is 0. The summed E-state index contributed by atoms with van der Waals surface area (Å²) in [4.78, 5) is 0.102. The molecule has 9 heteroatoms. The minimum Gasteiger partial charge on any atom is -0.0865 e. The van der Waals surface area contributed by atoms with Gasteiger partial charge in [-0.15, -0.1) is 0 Å². The van der Waals surface area contributed by atoms with Gasteiger partial charge in [0.25, 0.3) is 0 Å². The smallest absolute Gasteiger partial charge is 0.0865 e. The zero-order chi connectivity index (χ0) is 23.7. The topological polar surface area (TPSA) is 0 Å². The lowest BCUT2D eigenvalue weighted by Gasteiger charge is -2.50. The number of rotatable bonds is 9. The third-order valence-electron chi connectivity index (χ3n) is 5.25. The average molecular weight is 1000 g/mol. The number of halogens is 9. The zero-order valence-electron chi connectivity index (χ0n) is 16.7. The van der Waals surface area contributed by atoms with Crippen molar-refractivity contribution in [2.45, 2.75) is 50.9 Å². The van der Waals surface area contributed by atoms with Crippen LogP contribution in [0.3, 0.4) is 0 Å².